The van der Waals surface area contributed by atoms with E-state index in [1.165, 1.54) is 0 Å². The van der Waals surface area contributed by atoms with E-state index in [9.17, 15) is 4.79 Å². The molecule has 13 heavy (non-hydrogen) atoms. The Hall–Kier alpha value is -0.830. The maximum Gasteiger partial charge on any atom is 0.160 e. The van der Waals surface area contributed by atoms with E-state index in [0.717, 1.165) is 5.71 Å². The summed E-state index contributed by atoms with van der Waals surface area (Å²) in [7, 11) is 0. The molecule has 0 bridgehead atoms. The van der Waals surface area contributed by atoms with Crippen molar-refractivity contribution in [3.8, 4) is 0 Å². The van der Waals surface area contributed by atoms with Crippen LogP contribution in [0.15, 0.2) is 17.1 Å². The number of allylic oxidation sites excluding steroid dienone is 2. The Morgan fingerprint density at radius 3 is 2.69 bits per heavy atom. The molecule has 0 amide bonds. The number of rotatable bonds is 5. The van der Waals surface area contributed by atoms with Crippen molar-refractivity contribution in [3.05, 3.63) is 12.2 Å². The third-order valence-electron chi connectivity index (χ3n) is 1.40. The second-order valence-electron chi connectivity index (χ2n) is 2.88. The van der Waals surface area contributed by atoms with E-state index in [-0.39, 0.29) is 11.8 Å². The van der Waals surface area contributed by atoms with Crippen molar-refractivity contribution in [3.63, 3.8) is 0 Å². The fourth-order valence-corrected chi connectivity index (χ4v) is 0.982. The van der Waals surface area contributed by atoms with Crippen LogP contribution in [0, 0.1) is 0 Å². The van der Waals surface area contributed by atoms with Crippen LogP contribution >= 0.6 is 12.2 Å². The molecule has 1 atom stereocenters. The molecule has 0 radical (unpaired) electrons. The normalized spacial score (nSPS) is 14.5. The number of hydrogen-bond acceptors (Lipinski definition) is 3. The number of nitrogens with zero attached hydrogens (tertiary/aromatic N) is 1. The molecule has 0 aromatic heterocycles. The number of aliphatic imine (C=N–C) groups is 1. The number of carbonyl (C=O) groups excluding carboxylic acids is 1. The molecular formula is C10H15NOS. The van der Waals surface area contributed by atoms with E-state index in [1.807, 2.05) is 20.8 Å². The largest absolute Gasteiger partial charge is 0.294 e. The van der Waals surface area contributed by atoms with Crippen molar-refractivity contribution >= 4 is 29.1 Å². The monoisotopic (exact) mass is 197 g/mol. The molecule has 1 unspecified atom stereocenters. The zero-order chi connectivity index (χ0) is 10.3. The van der Waals surface area contributed by atoms with Gasteiger partial charge >= 0.3 is 0 Å². The van der Waals surface area contributed by atoms with Crippen LogP contribution in [-0.4, -0.2) is 22.9 Å². The second kappa shape index (κ2) is 6.66. The van der Waals surface area contributed by atoms with Crippen molar-refractivity contribution in [2.75, 3.05) is 0 Å². The molecule has 0 aromatic carbocycles. The number of carbonyl (C=O) groups is 1. The first-order valence-electron chi connectivity index (χ1n) is 4.24. The van der Waals surface area contributed by atoms with Gasteiger partial charge in [0.05, 0.1) is 6.04 Å². The first-order chi connectivity index (χ1) is 6.10. The van der Waals surface area contributed by atoms with Gasteiger partial charge in [-0.15, -0.1) is 0 Å². The van der Waals surface area contributed by atoms with Gasteiger partial charge in [0.2, 0.25) is 0 Å². The van der Waals surface area contributed by atoms with Crippen molar-refractivity contribution in [2.24, 2.45) is 4.99 Å². The Kier molecular flexibility index (Phi) is 6.24. The van der Waals surface area contributed by atoms with Crippen molar-refractivity contribution < 1.29 is 4.79 Å². The molecule has 72 valence electrons. The van der Waals surface area contributed by atoms with Gasteiger partial charge < -0.3 is 0 Å². The Bertz CT molecular complexity index is 243. The van der Waals surface area contributed by atoms with Crippen LogP contribution in [0.25, 0.3) is 0 Å². The molecule has 0 spiro atoms. The molecule has 0 saturated carbocycles. The van der Waals surface area contributed by atoms with E-state index in [1.54, 1.807) is 17.5 Å². The van der Waals surface area contributed by atoms with E-state index in [0.29, 0.717) is 6.42 Å². The lowest BCUT2D eigenvalue weighted by Gasteiger charge is -2.00. The number of ketones is 1. The molecule has 0 N–H and O–H groups in total. The average molecular weight is 197 g/mol. The number of thiocarbonyl (C=S) groups is 1. The minimum atomic E-state index is 0.0217. The predicted octanol–water partition coefficient (Wildman–Crippen LogP) is 2.37. The van der Waals surface area contributed by atoms with Crippen LogP contribution in [0.5, 0.6) is 0 Å². The summed E-state index contributed by atoms with van der Waals surface area (Å²) >= 11 is 4.73. The first-order valence-corrected chi connectivity index (χ1v) is 4.71. The molecule has 0 saturated heterocycles. The summed E-state index contributed by atoms with van der Waals surface area (Å²) in [5.41, 5.74) is 0.830. The highest BCUT2D eigenvalue weighted by atomic mass is 32.1. The lowest BCUT2D eigenvalue weighted by Crippen LogP contribution is -2.06. The van der Waals surface area contributed by atoms with Gasteiger partial charge in [-0.1, -0.05) is 18.3 Å². The summed E-state index contributed by atoms with van der Waals surface area (Å²) in [6, 6.07) is 0.0217. The van der Waals surface area contributed by atoms with Crippen LogP contribution in [-0.2, 0) is 4.79 Å². The Balaban J connectivity index is 4.13. The number of hydrogen-bond donors (Lipinski definition) is 0. The van der Waals surface area contributed by atoms with E-state index in [4.69, 9.17) is 12.2 Å². The van der Waals surface area contributed by atoms with Gasteiger partial charge in [0.1, 0.15) is 0 Å². The Morgan fingerprint density at radius 2 is 2.23 bits per heavy atom. The van der Waals surface area contributed by atoms with E-state index in [2.05, 4.69) is 4.99 Å². The van der Waals surface area contributed by atoms with Crippen LogP contribution in [0.2, 0.25) is 0 Å². The highest BCUT2D eigenvalue weighted by Crippen LogP contribution is 1.94. The van der Waals surface area contributed by atoms with Gasteiger partial charge in [-0.3, -0.25) is 9.79 Å². The molecule has 0 rings (SSSR count). The van der Waals surface area contributed by atoms with Crippen molar-refractivity contribution in [2.45, 2.75) is 33.2 Å². The predicted molar refractivity (Wildman–Crippen MR) is 60.7 cm³/mol. The Morgan fingerprint density at radius 1 is 1.62 bits per heavy atom. The minimum absolute atomic E-state index is 0.0217. The fraction of sp³-hybridized carbons (Fsp3) is 0.500. The van der Waals surface area contributed by atoms with Gasteiger partial charge in [0.15, 0.2) is 5.78 Å². The molecule has 3 heteroatoms. The zero-order valence-corrected chi connectivity index (χ0v) is 9.10. The quantitative estimate of drug-likeness (QED) is 0.385. The molecule has 0 heterocycles. The van der Waals surface area contributed by atoms with Gasteiger partial charge in [-0.05, 0) is 26.8 Å². The molecular weight excluding hydrogens is 182 g/mol. The lowest BCUT2D eigenvalue weighted by molar-refractivity contribution is -0.113. The summed E-state index contributed by atoms with van der Waals surface area (Å²) in [6.07, 6.45) is 3.68. The second-order valence-corrected chi connectivity index (χ2v) is 3.16. The van der Waals surface area contributed by atoms with Crippen LogP contribution < -0.4 is 0 Å². The summed E-state index contributed by atoms with van der Waals surface area (Å²) in [5, 5.41) is 1.59. The average Bonchev–Trinajstić information content (AvgIpc) is 2.04. The van der Waals surface area contributed by atoms with E-state index >= 15 is 0 Å². The van der Waals surface area contributed by atoms with Gasteiger partial charge in [-0.25, -0.2) is 0 Å². The first kappa shape index (κ1) is 12.2. The van der Waals surface area contributed by atoms with Crippen molar-refractivity contribution in [1.82, 2.24) is 0 Å². The van der Waals surface area contributed by atoms with Crippen LogP contribution in [0.4, 0.5) is 0 Å². The summed E-state index contributed by atoms with van der Waals surface area (Å²) in [5.74, 6) is 0.0836. The fourth-order valence-electron chi connectivity index (χ4n) is 0.921. The summed E-state index contributed by atoms with van der Waals surface area (Å²) in [4.78, 5) is 15.3. The standard InChI is InChI=1S/C10H15NOS/c1-4-5-10(12)6-8(2)11-9(3)7-13/h4-5,7,9H,6H2,1-3H3/b5-4+,11-8?. The molecule has 0 aliphatic rings. The smallest absolute Gasteiger partial charge is 0.160 e. The Labute approximate surface area is 84.7 Å². The van der Waals surface area contributed by atoms with Gasteiger partial charge in [-0.2, -0.15) is 0 Å². The lowest BCUT2D eigenvalue weighted by atomic mass is 10.2. The highest BCUT2D eigenvalue weighted by molar-refractivity contribution is 7.79. The molecule has 0 aliphatic heterocycles. The molecule has 0 aromatic rings. The maximum absolute atomic E-state index is 11.1. The molecule has 0 aliphatic carbocycles. The summed E-state index contributed by atoms with van der Waals surface area (Å²) < 4.78 is 0. The third-order valence-corrected chi connectivity index (χ3v) is 1.80. The van der Waals surface area contributed by atoms with E-state index < -0.39 is 0 Å². The maximum atomic E-state index is 11.1. The van der Waals surface area contributed by atoms with Gasteiger partial charge in [0.25, 0.3) is 0 Å². The van der Waals surface area contributed by atoms with Crippen LogP contribution in [0.1, 0.15) is 27.2 Å². The third kappa shape index (κ3) is 6.34. The molecule has 0 fully saturated rings. The topological polar surface area (TPSA) is 29.4 Å². The SMILES string of the molecule is C/C=C/C(=O)CC(C)=NC(C)C=S. The summed E-state index contributed by atoms with van der Waals surface area (Å²) in [6.45, 7) is 5.57. The molecule has 2 nitrogen and oxygen atoms in total. The minimum Gasteiger partial charge on any atom is -0.294 e. The van der Waals surface area contributed by atoms with Gasteiger partial charge in [0, 0.05) is 17.5 Å². The van der Waals surface area contributed by atoms with Crippen LogP contribution in [0.3, 0.4) is 0 Å². The van der Waals surface area contributed by atoms with Crippen molar-refractivity contribution in [1.29, 1.82) is 0 Å². The zero-order valence-electron chi connectivity index (χ0n) is 8.28. The highest BCUT2D eigenvalue weighted by Gasteiger charge is 2.00.